The Kier molecular flexibility index (Phi) is 13.9. The number of rotatable bonds is 16. The molecule has 2 amide bonds. The zero-order valence-electron chi connectivity index (χ0n) is 38.9. The Balaban J connectivity index is 0.966. The lowest BCUT2D eigenvalue weighted by atomic mass is 9.77. The van der Waals surface area contributed by atoms with Crippen molar-refractivity contribution in [2.24, 2.45) is 5.16 Å². The van der Waals surface area contributed by atoms with Crippen molar-refractivity contribution in [2.75, 3.05) is 44.4 Å². The van der Waals surface area contributed by atoms with E-state index in [1.807, 2.05) is 115 Å². The van der Waals surface area contributed by atoms with Gasteiger partial charge in [-0.1, -0.05) is 157 Å². The van der Waals surface area contributed by atoms with Gasteiger partial charge in [0.15, 0.2) is 16.9 Å². The fraction of sp³-hybridized carbons (Fsp3) is 0.291. The first-order valence-electron chi connectivity index (χ1n) is 23.8. The van der Waals surface area contributed by atoms with Crippen LogP contribution in [0, 0.1) is 0 Å². The molecule has 5 heterocycles. The standard InChI is InChI=1S/C55H54N6O7S2/c1-61(32-18-19-33-61)35-40-37-70(65)52-47(51(63)60(52)48(40)53(64)67-49(38-21-7-2-8-22-38)39-23-9-3-10-24-39)57-50(62)46(59-68-45-31-17-20-34-66-45)44-36-69-54(56-44)58-55(41-25-11-4-12-26-41,42-27-13-5-14-28-42)43-29-15-6-16-30-43/h2-16,21-30,36,45,47,49,52H,17-20,31-35,37H2,1H3,(H-,56,57,58,62)/p+1/t45?,47?,52-,70?/m0/s1. The number of nitrogens with one attached hydrogen (secondary N) is 2. The average molecular weight is 976 g/mol. The molecule has 4 aliphatic rings. The average Bonchev–Trinajstić information content (AvgIpc) is 4.06. The SMILES string of the molecule is C[N+]1(CC2=C(C(=O)OC(c3ccccc3)c3ccccc3)N3C(=O)C(NC(=O)C(=NOC4CCCCO4)c4csc(NC(c5ccccc5)(c5ccccc5)c5ccccc5)n4)[C@@H]3S(=O)C2)CCCC1. The van der Waals surface area contributed by atoms with Crippen molar-refractivity contribution >= 4 is 50.8 Å². The Labute approximate surface area is 414 Å². The van der Waals surface area contributed by atoms with E-state index in [0.29, 0.717) is 34.8 Å². The lowest BCUT2D eigenvalue weighted by molar-refractivity contribution is -0.893. The molecule has 3 unspecified atom stereocenters. The number of amides is 2. The number of likely N-dealkylation sites (tertiary alicyclic amines) is 1. The number of benzene rings is 5. The molecule has 70 heavy (non-hydrogen) atoms. The molecule has 3 saturated heterocycles. The third-order valence-electron chi connectivity index (χ3n) is 13.6. The first kappa shape index (κ1) is 46.9. The summed E-state index contributed by atoms with van der Waals surface area (Å²) >= 11 is 1.29. The normalized spacial score (nSPS) is 21.1. The first-order chi connectivity index (χ1) is 34.2. The molecule has 13 nitrogen and oxygen atoms in total. The number of quaternary nitrogens is 1. The number of aromatic nitrogens is 1. The molecule has 6 aromatic rings. The van der Waals surface area contributed by atoms with Gasteiger partial charge in [-0.05, 0) is 40.7 Å². The number of anilines is 1. The molecule has 15 heteroatoms. The zero-order chi connectivity index (χ0) is 48.1. The van der Waals surface area contributed by atoms with E-state index < -0.39 is 57.9 Å². The number of ether oxygens (including phenoxy) is 2. The number of hydrogen-bond donors (Lipinski definition) is 2. The molecule has 0 radical (unpaired) electrons. The van der Waals surface area contributed by atoms with E-state index in [4.69, 9.17) is 19.3 Å². The predicted octanol–water partition coefficient (Wildman–Crippen LogP) is 8.04. The van der Waals surface area contributed by atoms with Crippen LogP contribution >= 0.6 is 11.3 Å². The van der Waals surface area contributed by atoms with E-state index in [1.165, 1.54) is 16.2 Å². The second-order valence-electron chi connectivity index (χ2n) is 18.4. The van der Waals surface area contributed by atoms with Crippen molar-refractivity contribution in [2.45, 2.75) is 61.5 Å². The third kappa shape index (κ3) is 9.58. The van der Waals surface area contributed by atoms with Crippen LogP contribution < -0.4 is 10.6 Å². The van der Waals surface area contributed by atoms with Crippen LogP contribution in [0.1, 0.15) is 71.7 Å². The van der Waals surface area contributed by atoms with Gasteiger partial charge < -0.3 is 29.4 Å². The van der Waals surface area contributed by atoms with Gasteiger partial charge in [0, 0.05) is 30.2 Å². The number of likely N-dealkylation sites (N-methyl/N-ethyl adjacent to an activating group) is 1. The summed E-state index contributed by atoms with van der Waals surface area (Å²) in [5, 5.41) is 12.2. The highest BCUT2D eigenvalue weighted by molar-refractivity contribution is 7.86. The van der Waals surface area contributed by atoms with Gasteiger partial charge >= 0.3 is 5.97 Å². The van der Waals surface area contributed by atoms with Crippen LogP contribution in [0.2, 0.25) is 0 Å². The van der Waals surface area contributed by atoms with Crippen LogP contribution in [0.4, 0.5) is 5.13 Å². The molecule has 4 atom stereocenters. The van der Waals surface area contributed by atoms with Crippen molar-refractivity contribution in [3.63, 3.8) is 0 Å². The summed E-state index contributed by atoms with van der Waals surface area (Å²) in [5.74, 6) is -1.99. The zero-order valence-corrected chi connectivity index (χ0v) is 40.5. The van der Waals surface area contributed by atoms with Crippen molar-refractivity contribution in [3.05, 3.63) is 202 Å². The van der Waals surface area contributed by atoms with Crippen molar-refractivity contribution in [3.8, 4) is 0 Å². The van der Waals surface area contributed by atoms with E-state index in [-0.39, 0.29) is 22.9 Å². The highest BCUT2D eigenvalue weighted by Crippen LogP contribution is 2.42. The number of nitrogens with zero attached hydrogens (tertiary/aromatic N) is 4. The molecule has 2 N–H and O–H groups in total. The number of hydrogen-bond acceptors (Lipinski definition) is 11. The second-order valence-corrected chi connectivity index (χ2v) is 20.8. The summed E-state index contributed by atoms with van der Waals surface area (Å²) in [6.07, 6.45) is 2.92. The van der Waals surface area contributed by atoms with Gasteiger partial charge in [0.2, 0.25) is 6.29 Å². The number of oxime groups is 1. The van der Waals surface area contributed by atoms with E-state index in [2.05, 4.69) is 59.2 Å². The number of carbonyl (C=O) groups excluding carboxylic acids is 3. The van der Waals surface area contributed by atoms with E-state index >= 15 is 0 Å². The third-order valence-corrected chi connectivity index (χ3v) is 16.0. The molecular formula is C55H55N6O7S2+. The molecule has 0 saturated carbocycles. The predicted molar refractivity (Wildman–Crippen MR) is 270 cm³/mol. The maximum absolute atomic E-state index is 14.8. The summed E-state index contributed by atoms with van der Waals surface area (Å²) in [4.78, 5) is 56.3. The fourth-order valence-electron chi connectivity index (χ4n) is 10.1. The molecule has 0 aliphatic carbocycles. The van der Waals surface area contributed by atoms with Gasteiger partial charge in [-0.15, -0.1) is 11.3 Å². The molecule has 5 aromatic carbocycles. The molecule has 1 aromatic heterocycles. The summed E-state index contributed by atoms with van der Waals surface area (Å²) in [6, 6.07) is 48.0. The largest absolute Gasteiger partial charge is 0.448 e. The first-order valence-corrected chi connectivity index (χ1v) is 26.1. The van der Waals surface area contributed by atoms with E-state index in [0.717, 1.165) is 66.6 Å². The van der Waals surface area contributed by atoms with Crippen LogP contribution in [-0.4, -0.2) is 98.8 Å². The Bertz CT molecular complexity index is 2750. The number of thiazole rings is 1. The van der Waals surface area contributed by atoms with Gasteiger partial charge in [-0.25, -0.2) is 9.78 Å². The monoisotopic (exact) mass is 975 g/mol. The molecule has 0 bridgehead atoms. The highest BCUT2D eigenvalue weighted by Gasteiger charge is 2.58. The molecule has 358 valence electrons. The fourth-order valence-corrected chi connectivity index (χ4v) is 12.6. The van der Waals surface area contributed by atoms with Gasteiger partial charge in [0.05, 0.1) is 43.3 Å². The molecular weight excluding hydrogens is 921 g/mol. The lowest BCUT2D eigenvalue weighted by Crippen LogP contribution is -2.74. The van der Waals surface area contributed by atoms with Crippen LogP contribution in [0.5, 0.6) is 0 Å². The number of carbonyl (C=O) groups is 3. The molecule has 4 aliphatic heterocycles. The molecule has 0 spiro atoms. The number of β-lactam (4-membered cyclic amide) rings is 1. The van der Waals surface area contributed by atoms with Crippen molar-refractivity contribution < 1.29 is 37.4 Å². The van der Waals surface area contributed by atoms with Crippen LogP contribution in [-0.2, 0) is 45.0 Å². The number of fused-ring (bicyclic) bond motifs is 1. The van der Waals surface area contributed by atoms with Gasteiger partial charge in [0.25, 0.3) is 11.8 Å². The minimum atomic E-state index is -1.69. The summed E-state index contributed by atoms with van der Waals surface area (Å²) in [5.41, 5.74) is 4.22. The number of esters is 1. The van der Waals surface area contributed by atoms with Crippen LogP contribution in [0.3, 0.4) is 0 Å². The second kappa shape index (κ2) is 20.7. The molecule has 10 rings (SSSR count). The summed E-state index contributed by atoms with van der Waals surface area (Å²) in [6.45, 7) is 2.70. The van der Waals surface area contributed by atoms with Gasteiger partial charge in [-0.3, -0.25) is 18.7 Å². The summed E-state index contributed by atoms with van der Waals surface area (Å²) in [7, 11) is 0.433. The lowest BCUT2D eigenvalue weighted by Gasteiger charge is -2.49. The van der Waals surface area contributed by atoms with Crippen molar-refractivity contribution in [1.29, 1.82) is 0 Å². The maximum Gasteiger partial charge on any atom is 0.356 e. The van der Waals surface area contributed by atoms with Gasteiger partial charge in [0.1, 0.15) is 34.9 Å². The quantitative estimate of drug-likeness (QED) is 0.0246. The summed E-state index contributed by atoms with van der Waals surface area (Å²) < 4.78 is 27.3. The van der Waals surface area contributed by atoms with E-state index in [1.54, 1.807) is 5.38 Å². The maximum atomic E-state index is 14.8. The van der Waals surface area contributed by atoms with Gasteiger partial charge in [-0.2, -0.15) is 0 Å². The van der Waals surface area contributed by atoms with Crippen LogP contribution in [0.15, 0.2) is 173 Å². The minimum Gasteiger partial charge on any atom is -0.448 e. The topological polar surface area (TPSA) is 149 Å². The van der Waals surface area contributed by atoms with Crippen LogP contribution in [0.25, 0.3) is 0 Å². The molecule has 3 fully saturated rings. The minimum absolute atomic E-state index is 0.0383. The Morgan fingerprint density at radius 2 is 1.39 bits per heavy atom. The van der Waals surface area contributed by atoms with E-state index in [9.17, 15) is 18.6 Å². The Morgan fingerprint density at radius 3 is 1.93 bits per heavy atom. The van der Waals surface area contributed by atoms with Crippen molar-refractivity contribution in [1.82, 2.24) is 15.2 Å². The highest BCUT2D eigenvalue weighted by atomic mass is 32.2. The smallest absolute Gasteiger partial charge is 0.356 e. The Hall–Kier alpha value is -6.78. The Morgan fingerprint density at radius 1 is 0.829 bits per heavy atom.